The predicted octanol–water partition coefficient (Wildman–Crippen LogP) is 1.88. The number of hydrogen-bond acceptors (Lipinski definition) is 2. The molecule has 4 heteroatoms. The highest BCUT2D eigenvalue weighted by molar-refractivity contribution is 5.91. The number of aromatic amines is 1. The number of nitrogens with zero attached hydrogens (tertiary/aromatic N) is 1. The van der Waals surface area contributed by atoms with Crippen molar-refractivity contribution in [3.63, 3.8) is 0 Å². The van der Waals surface area contributed by atoms with Gasteiger partial charge in [0.25, 0.3) is 0 Å². The molecule has 1 N–H and O–H groups in total. The second-order valence-electron chi connectivity index (χ2n) is 4.98. The average molecular weight is 258 g/mol. The maximum atomic E-state index is 12.3. The molecule has 1 aromatic carbocycles. The molecule has 1 fully saturated rings. The van der Waals surface area contributed by atoms with Crippen molar-refractivity contribution in [1.82, 2.24) is 9.88 Å². The summed E-state index contributed by atoms with van der Waals surface area (Å²) in [7, 11) is 0. The Kier molecular flexibility index (Phi) is 3.25. The molecule has 1 saturated heterocycles. The molecule has 0 radical (unpaired) electrons. The molecule has 0 unspecified atom stereocenters. The number of morpholine rings is 1. The normalized spacial score (nSPS) is 15.9. The van der Waals surface area contributed by atoms with Gasteiger partial charge in [-0.05, 0) is 24.1 Å². The number of fused-ring (bicyclic) bond motifs is 1. The lowest BCUT2D eigenvalue weighted by atomic mass is 10.0. The van der Waals surface area contributed by atoms with Gasteiger partial charge in [0.15, 0.2) is 0 Å². The van der Waals surface area contributed by atoms with E-state index in [1.807, 2.05) is 23.2 Å². The smallest absolute Gasteiger partial charge is 0.227 e. The minimum absolute atomic E-state index is 0.187. The Balaban J connectivity index is 1.83. The maximum Gasteiger partial charge on any atom is 0.227 e. The molecule has 4 nitrogen and oxygen atoms in total. The average Bonchev–Trinajstić information content (AvgIpc) is 2.84. The van der Waals surface area contributed by atoms with Crippen LogP contribution >= 0.6 is 0 Å². The lowest BCUT2D eigenvalue weighted by Crippen LogP contribution is -2.41. The van der Waals surface area contributed by atoms with Crippen LogP contribution < -0.4 is 0 Å². The summed E-state index contributed by atoms with van der Waals surface area (Å²) in [6.07, 6.45) is 2.42. The van der Waals surface area contributed by atoms with Crippen LogP contribution in [-0.4, -0.2) is 42.1 Å². The highest BCUT2D eigenvalue weighted by Crippen LogP contribution is 2.22. The lowest BCUT2D eigenvalue weighted by Gasteiger charge is -2.26. The third kappa shape index (κ3) is 2.36. The van der Waals surface area contributed by atoms with Gasteiger partial charge < -0.3 is 14.6 Å². The molecule has 2 aromatic rings. The Morgan fingerprint density at radius 1 is 1.37 bits per heavy atom. The van der Waals surface area contributed by atoms with Crippen molar-refractivity contribution < 1.29 is 9.53 Å². The van der Waals surface area contributed by atoms with Crippen LogP contribution in [0.4, 0.5) is 0 Å². The van der Waals surface area contributed by atoms with E-state index in [2.05, 4.69) is 18.0 Å². The number of rotatable bonds is 2. The van der Waals surface area contributed by atoms with Gasteiger partial charge in [0.05, 0.1) is 19.6 Å². The van der Waals surface area contributed by atoms with Crippen molar-refractivity contribution in [3.05, 3.63) is 35.5 Å². The Labute approximate surface area is 112 Å². The Hall–Kier alpha value is -1.81. The maximum absolute atomic E-state index is 12.3. The topological polar surface area (TPSA) is 45.3 Å². The molecule has 1 amide bonds. The standard InChI is InChI=1S/C15H18N2O2/c1-11-3-2-4-13-15(11)12(10-16-13)9-14(18)17-5-7-19-8-6-17/h2-4,10,16H,5-9H2,1H3. The van der Waals surface area contributed by atoms with E-state index in [1.54, 1.807) is 0 Å². The first kappa shape index (κ1) is 12.2. The van der Waals surface area contributed by atoms with Gasteiger partial charge in [0.2, 0.25) is 5.91 Å². The quantitative estimate of drug-likeness (QED) is 0.894. The zero-order valence-electron chi connectivity index (χ0n) is 11.1. The Bertz CT molecular complexity index is 597. The number of amides is 1. The zero-order valence-corrected chi connectivity index (χ0v) is 11.1. The summed E-state index contributed by atoms with van der Waals surface area (Å²) in [5, 5.41) is 1.18. The first-order chi connectivity index (χ1) is 9.25. The summed E-state index contributed by atoms with van der Waals surface area (Å²) in [5.41, 5.74) is 3.40. The van der Waals surface area contributed by atoms with Gasteiger partial charge in [-0.2, -0.15) is 0 Å². The number of nitrogens with one attached hydrogen (secondary N) is 1. The van der Waals surface area contributed by atoms with Crippen LogP contribution in [0.3, 0.4) is 0 Å². The van der Waals surface area contributed by atoms with E-state index in [4.69, 9.17) is 4.74 Å². The van der Waals surface area contributed by atoms with Crippen LogP contribution in [0.15, 0.2) is 24.4 Å². The van der Waals surface area contributed by atoms with E-state index in [-0.39, 0.29) is 5.91 Å². The largest absolute Gasteiger partial charge is 0.378 e. The summed E-state index contributed by atoms with van der Waals surface area (Å²) >= 11 is 0. The fourth-order valence-electron chi connectivity index (χ4n) is 2.68. The molecule has 0 spiro atoms. The summed E-state index contributed by atoms with van der Waals surface area (Å²) in [5.74, 6) is 0.187. The molecule has 100 valence electrons. The van der Waals surface area contributed by atoms with E-state index in [1.165, 1.54) is 10.9 Å². The van der Waals surface area contributed by atoms with E-state index < -0.39 is 0 Å². The van der Waals surface area contributed by atoms with Gasteiger partial charge in [0, 0.05) is 30.2 Å². The summed E-state index contributed by atoms with van der Waals surface area (Å²) in [6.45, 7) is 4.80. The van der Waals surface area contributed by atoms with Crippen molar-refractivity contribution in [2.75, 3.05) is 26.3 Å². The van der Waals surface area contributed by atoms with Crippen LogP contribution in [0.5, 0.6) is 0 Å². The SMILES string of the molecule is Cc1cccc2[nH]cc(CC(=O)N3CCOCC3)c12. The minimum atomic E-state index is 0.187. The van der Waals surface area contributed by atoms with E-state index in [0.717, 1.165) is 11.1 Å². The van der Waals surface area contributed by atoms with Gasteiger partial charge in [-0.1, -0.05) is 12.1 Å². The van der Waals surface area contributed by atoms with Crippen molar-refractivity contribution in [1.29, 1.82) is 0 Å². The summed E-state index contributed by atoms with van der Waals surface area (Å²) in [4.78, 5) is 17.4. The second kappa shape index (κ2) is 5.05. The molecule has 0 atom stereocenters. The first-order valence-corrected chi connectivity index (χ1v) is 6.67. The molecule has 1 aromatic heterocycles. The second-order valence-corrected chi connectivity index (χ2v) is 4.98. The third-order valence-corrected chi connectivity index (χ3v) is 3.70. The van der Waals surface area contributed by atoms with E-state index >= 15 is 0 Å². The molecular weight excluding hydrogens is 240 g/mol. The number of ether oxygens (including phenoxy) is 1. The molecule has 1 aliphatic heterocycles. The van der Waals surface area contributed by atoms with E-state index in [0.29, 0.717) is 32.7 Å². The van der Waals surface area contributed by atoms with Crippen molar-refractivity contribution >= 4 is 16.8 Å². The highest BCUT2D eigenvalue weighted by atomic mass is 16.5. The highest BCUT2D eigenvalue weighted by Gasteiger charge is 2.18. The molecule has 0 saturated carbocycles. The lowest BCUT2D eigenvalue weighted by molar-refractivity contribution is -0.134. The Morgan fingerprint density at radius 2 is 2.16 bits per heavy atom. The van der Waals surface area contributed by atoms with Gasteiger partial charge in [-0.25, -0.2) is 0 Å². The number of aromatic nitrogens is 1. The van der Waals surface area contributed by atoms with Crippen LogP contribution in [0.2, 0.25) is 0 Å². The monoisotopic (exact) mass is 258 g/mol. The van der Waals surface area contributed by atoms with Gasteiger partial charge >= 0.3 is 0 Å². The summed E-state index contributed by atoms with van der Waals surface area (Å²) in [6, 6.07) is 6.16. The number of benzene rings is 1. The van der Waals surface area contributed by atoms with Crippen LogP contribution in [0.1, 0.15) is 11.1 Å². The Morgan fingerprint density at radius 3 is 2.95 bits per heavy atom. The molecule has 1 aliphatic rings. The molecule has 0 aliphatic carbocycles. The number of carbonyl (C=O) groups is 1. The molecular formula is C15H18N2O2. The predicted molar refractivity (Wildman–Crippen MR) is 74.1 cm³/mol. The number of hydrogen-bond donors (Lipinski definition) is 1. The van der Waals surface area contributed by atoms with Gasteiger partial charge in [-0.15, -0.1) is 0 Å². The fourth-order valence-corrected chi connectivity index (χ4v) is 2.68. The van der Waals surface area contributed by atoms with Gasteiger partial charge in [-0.3, -0.25) is 4.79 Å². The van der Waals surface area contributed by atoms with Crippen LogP contribution in [-0.2, 0) is 16.0 Å². The van der Waals surface area contributed by atoms with Crippen molar-refractivity contribution in [3.8, 4) is 0 Å². The molecule has 3 rings (SSSR count). The summed E-state index contributed by atoms with van der Waals surface area (Å²) < 4.78 is 5.27. The fraction of sp³-hybridized carbons (Fsp3) is 0.400. The van der Waals surface area contributed by atoms with E-state index in [9.17, 15) is 4.79 Å². The molecule has 19 heavy (non-hydrogen) atoms. The number of H-pyrrole nitrogens is 1. The number of aryl methyl sites for hydroxylation is 1. The van der Waals surface area contributed by atoms with Crippen molar-refractivity contribution in [2.45, 2.75) is 13.3 Å². The zero-order chi connectivity index (χ0) is 13.2. The molecule has 2 heterocycles. The van der Waals surface area contributed by atoms with Gasteiger partial charge in [0.1, 0.15) is 0 Å². The third-order valence-electron chi connectivity index (χ3n) is 3.70. The number of carbonyl (C=O) groups excluding carboxylic acids is 1. The molecule has 0 bridgehead atoms. The van der Waals surface area contributed by atoms with Crippen molar-refractivity contribution in [2.24, 2.45) is 0 Å². The minimum Gasteiger partial charge on any atom is -0.378 e. The van der Waals surface area contributed by atoms with Crippen LogP contribution in [0, 0.1) is 6.92 Å². The van der Waals surface area contributed by atoms with Crippen LogP contribution in [0.25, 0.3) is 10.9 Å². The first-order valence-electron chi connectivity index (χ1n) is 6.67.